The van der Waals surface area contributed by atoms with Crippen molar-refractivity contribution in [3.63, 3.8) is 0 Å². The van der Waals surface area contributed by atoms with Gasteiger partial charge >= 0.3 is 5.97 Å². The molecule has 0 fully saturated rings. The first-order valence-corrected chi connectivity index (χ1v) is 11.0. The van der Waals surface area contributed by atoms with Gasteiger partial charge < -0.3 is 10.1 Å². The number of hydrogen-bond donors (Lipinski definition) is 1. The summed E-state index contributed by atoms with van der Waals surface area (Å²) in [6, 6.07) is 13.8. The Labute approximate surface area is 165 Å². The van der Waals surface area contributed by atoms with Crippen LogP contribution in [0.5, 0.6) is 0 Å². The third-order valence-corrected chi connectivity index (χ3v) is 5.03. The fourth-order valence-corrected chi connectivity index (χ4v) is 3.51. The highest BCUT2D eigenvalue weighted by Gasteiger charge is 2.15. The Kier molecular flexibility index (Phi) is 7.34. The molecule has 1 amide bonds. The molecule has 0 aromatic heterocycles. The number of amides is 1. The number of esters is 1. The molecule has 2 aromatic carbocycles. The van der Waals surface area contributed by atoms with Crippen molar-refractivity contribution in [3.8, 4) is 0 Å². The lowest BCUT2D eigenvalue weighted by molar-refractivity contribution is -0.125. The molecule has 150 valence electrons. The molecule has 2 aromatic rings. The van der Waals surface area contributed by atoms with Crippen LogP contribution in [0, 0.1) is 6.92 Å². The van der Waals surface area contributed by atoms with Gasteiger partial charge in [-0.25, -0.2) is 13.2 Å². The number of hydrogen-bond acceptors (Lipinski definition) is 5. The molecule has 0 radical (unpaired) electrons. The lowest BCUT2D eigenvalue weighted by Crippen LogP contribution is -2.32. The molecule has 0 bridgehead atoms. The second-order valence-corrected chi connectivity index (χ2v) is 8.92. The van der Waals surface area contributed by atoms with Gasteiger partial charge in [-0.3, -0.25) is 4.79 Å². The fraction of sp³-hybridized carbons (Fsp3) is 0.333. The summed E-state index contributed by atoms with van der Waals surface area (Å²) < 4.78 is 27.6. The predicted octanol–water partition coefficient (Wildman–Crippen LogP) is 2.96. The maximum Gasteiger partial charge on any atom is 0.338 e. The molecule has 0 saturated carbocycles. The molecule has 2 rings (SSSR count). The van der Waals surface area contributed by atoms with E-state index in [1.807, 2.05) is 38.1 Å². The molecule has 0 aliphatic rings. The average molecular weight is 404 g/mol. The van der Waals surface area contributed by atoms with E-state index in [4.69, 9.17) is 4.74 Å². The molecule has 0 unspecified atom stereocenters. The number of sulfone groups is 1. The van der Waals surface area contributed by atoms with Crippen molar-refractivity contribution in [2.45, 2.75) is 32.1 Å². The maximum absolute atomic E-state index is 12.1. The van der Waals surface area contributed by atoms with Gasteiger partial charge in [-0.05, 0) is 36.6 Å². The van der Waals surface area contributed by atoms with Crippen LogP contribution in [0.4, 0.5) is 0 Å². The number of nitrogens with one attached hydrogen (secondary N) is 1. The summed E-state index contributed by atoms with van der Waals surface area (Å²) in [5.74, 6) is -1.11. The molecule has 0 aliphatic carbocycles. The molecular weight excluding hydrogens is 378 g/mol. The zero-order valence-electron chi connectivity index (χ0n) is 16.3. The smallest absolute Gasteiger partial charge is 0.338 e. The number of carbonyl (C=O) groups excluding carboxylic acids is 2. The van der Waals surface area contributed by atoms with E-state index >= 15 is 0 Å². The van der Waals surface area contributed by atoms with Crippen LogP contribution in [0.15, 0.2) is 48.5 Å². The lowest BCUT2D eigenvalue weighted by atomic mass is 10.0. The van der Waals surface area contributed by atoms with Gasteiger partial charge in [0, 0.05) is 6.26 Å². The van der Waals surface area contributed by atoms with Crippen LogP contribution in [0.2, 0.25) is 0 Å². The first-order chi connectivity index (χ1) is 13.2. The molecule has 1 atom stereocenters. The second kappa shape index (κ2) is 9.50. The van der Waals surface area contributed by atoms with Crippen molar-refractivity contribution in [3.05, 3.63) is 70.8 Å². The van der Waals surface area contributed by atoms with E-state index in [2.05, 4.69) is 5.32 Å². The van der Waals surface area contributed by atoms with Crippen molar-refractivity contribution < 1.29 is 22.7 Å². The van der Waals surface area contributed by atoms with E-state index in [0.717, 1.165) is 17.4 Å². The molecule has 0 heterocycles. The lowest BCUT2D eigenvalue weighted by Gasteiger charge is -2.17. The van der Waals surface area contributed by atoms with Crippen LogP contribution in [-0.4, -0.2) is 33.2 Å². The minimum Gasteiger partial charge on any atom is -0.452 e. The SMILES string of the molecule is CC[C@@H](NC(=O)COC(=O)c1ccc(CS(C)(=O)=O)cc1)c1ccc(C)cc1. The Morgan fingerprint density at radius 2 is 1.64 bits per heavy atom. The van der Waals surface area contributed by atoms with E-state index in [1.165, 1.54) is 12.1 Å². The minimum atomic E-state index is -3.14. The van der Waals surface area contributed by atoms with Crippen molar-refractivity contribution in [2.75, 3.05) is 12.9 Å². The van der Waals surface area contributed by atoms with E-state index in [9.17, 15) is 18.0 Å². The van der Waals surface area contributed by atoms with Crippen LogP contribution in [0.1, 0.15) is 46.4 Å². The van der Waals surface area contributed by atoms with Crippen molar-refractivity contribution >= 4 is 21.7 Å². The standard InChI is InChI=1S/C21H25NO5S/c1-4-19(17-9-5-15(2)6-10-17)22-20(23)13-27-21(24)18-11-7-16(8-12-18)14-28(3,25)26/h5-12,19H,4,13-14H2,1-3H3,(H,22,23)/t19-/m1/s1. The third-order valence-electron chi connectivity index (χ3n) is 4.18. The highest BCUT2D eigenvalue weighted by molar-refractivity contribution is 7.89. The Bertz CT molecular complexity index is 918. The quantitative estimate of drug-likeness (QED) is 0.685. The van der Waals surface area contributed by atoms with Crippen molar-refractivity contribution in [2.24, 2.45) is 0 Å². The van der Waals surface area contributed by atoms with Gasteiger partial charge in [0.2, 0.25) is 0 Å². The maximum atomic E-state index is 12.1. The fourth-order valence-electron chi connectivity index (χ4n) is 2.71. The van der Waals surface area contributed by atoms with Gasteiger partial charge in [0.05, 0.1) is 17.4 Å². The summed E-state index contributed by atoms with van der Waals surface area (Å²) in [7, 11) is -3.14. The van der Waals surface area contributed by atoms with E-state index in [0.29, 0.717) is 12.0 Å². The molecule has 0 spiro atoms. The summed E-state index contributed by atoms with van der Waals surface area (Å²) in [6.07, 6.45) is 1.86. The first kappa shape index (κ1) is 21.6. The molecule has 28 heavy (non-hydrogen) atoms. The molecule has 0 saturated heterocycles. The Balaban J connectivity index is 1.89. The Morgan fingerprint density at radius 3 is 2.18 bits per heavy atom. The van der Waals surface area contributed by atoms with Gasteiger partial charge in [-0.15, -0.1) is 0 Å². The summed E-state index contributed by atoms with van der Waals surface area (Å²) in [5.41, 5.74) is 2.98. The summed E-state index contributed by atoms with van der Waals surface area (Å²) in [4.78, 5) is 24.2. The Hall–Kier alpha value is -2.67. The zero-order chi connectivity index (χ0) is 20.7. The predicted molar refractivity (Wildman–Crippen MR) is 108 cm³/mol. The number of aryl methyl sites for hydroxylation is 1. The average Bonchev–Trinajstić information content (AvgIpc) is 2.64. The largest absolute Gasteiger partial charge is 0.452 e. The minimum absolute atomic E-state index is 0.0951. The highest BCUT2D eigenvalue weighted by atomic mass is 32.2. The van der Waals surface area contributed by atoms with Gasteiger partial charge in [0.1, 0.15) is 0 Å². The topological polar surface area (TPSA) is 89.5 Å². The second-order valence-electron chi connectivity index (χ2n) is 6.78. The third kappa shape index (κ3) is 6.81. The molecule has 6 nitrogen and oxygen atoms in total. The van der Waals surface area contributed by atoms with Crippen LogP contribution >= 0.6 is 0 Å². The molecular formula is C21H25NO5S. The van der Waals surface area contributed by atoms with E-state index < -0.39 is 15.8 Å². The first-order valence-electron chi connectivity index (χ1n) is 8.97. The number of carbonyl (C=O) groups is 2. The van der Waals surface area contributed by atoms with Gasteiger partial charge in [-0.2, -0.15) is 0 Å². The van der Waals surface area contributed by atoms with Crippen LogP contribution in [0.3, 0.4) is 0 Å². The number of ether oxygens (including phenoxy) is 1. The van der Waals surface area contributed by atoms with Crippen LogP contribution in [-0.2, 0) is 25.1 Å². The monoisotopic (exact) mass is 403 g/mol. The van der Waals surface area contributed by atoms with E-state index in [-0.39, 0.29) is 29.9 Å². The van der Waals surface area contributed by atoms with Gasteiger partial charge in [0.15, 0.2) is 16.4 Å². The summed E-state index contributed by atoms with van der Waals surface area (Å²) >= 11 is 0. The van der Waals surface area contributed by atoms with Gasteiger partial charge in [0.25, 0.3) is 5.91 Å². The van der Waals surface area contributed by atoms with Crippen LogP contribution in [0.25, 0.3) is 0 Å². The van der Waals surface area contributed by atoms with Gasteiger partial charge in [-0.1, -0.05) is 48.9 Å². The number of rotatable bonds is 8. The summed E-state index contributed by atoms with van der Waals surface area (Å²) in [6.45, 7) is 3.58. The van der Waals surface area contributed by atoms with E-state index in [1.54, 1.807) is 12.1 Å². The summed E-state index contributed by atoms with van der Waals surface area (Å²) in [5, 5.41) is 2.86. The van der Waals surface area contributed by atoms with Crippen LogP contribution < -0.4 is 5.32 Å². The molecule has 0 aliphatic heterocycles. The number of benzene rings is 2. The Morgan fingerprint density at radius 1 is 1.04 bits per heavy atom. The molecule has 7 heteroatoms. The zero-order valence-corrected chi connectivity index (χ0v) is 17.1. The van der Waals surface area contributed by atoms with Crippen molar-refractivity contribution in [1.29, 1.82) is 0 Å². The van der Waals surface area contributed by atoms with Crippen molar-refractivity contribution in [1.82, 2.24) is 5.32 Å². The highest BCUT2D eigenvalue weighted by Crippen LogP contribution is 2.17. The normalized spacial score (nSPS) is 12.2. The molecule has 1 N–H and O–H groups in total.